The van der Waals surface area contributed by atoms with Crippen LogP contribution in [0.3, 0.4) is 0 Å². The van der Waals surface area contributed by atoms with E-state index in [0.29, 0.717) is 11.9 Å². The van der Waals surface area contributed by atoms with Crippen molar-refractivity contribution >= 4 is 5.91 Å². The fourth-order valence-corrected chi connectivity index (χ4v) is 4.67. The molecule has 1 N–H and O–H groups in total. The normalized spacial score (nSPS) is 39.6. The molecule has 3 fully saturated rings. The molecule has 2 heterocycles. The summed E-state index contributed by atoms with van der Waals surface area (Å²) in [4.78, 5) is 14.7. The summed E-state index contributed by atoms with van der Waals surface area (Å²) >= 11 is 0. The lowest BCUT2D eigenvalue weighted by Crippen LogP contribution is -2.45. The lowest BCUT2D eigenvalue weighted by molar-refractivity contribution is -0.133. The second-order valence-electron chi connectivity index (χ2n) is 7.17. The third-order valence-electron chi connectivity index (χ3n) is 5.91. The smallest absolute Gasteiger partial charge is 0.240 e. The summed E-state index contributed by atoms with van der Waals surface area (Å²) in [6.07, 6.45) is 10.4. The van der Waals surface area contributed by atoms with E-state index >= 15 is 0 Å². The van der Waals surface area contributed by atoms with Crippen LogP contribution in [0, 0.1) is 17.8 Å². The van der Waals surface area contributed by atoms with Crippen LogP contribution in [0.4, 0.5) is 0 Å². The van der Waals surface area contributed by atoms with Crippen LogP contribution < -0.4 is 5.32 Å². The van der Waals surface area contributed by atoms with E-state index in [1.807, 2.05) is 0 Å². The quantitative estimate of drug-likeness (QED) is 0.799. The minimum atomic E-state index is 0.0657. The highest BCUT2D eigenvalue weighted by atomic mass is 16.5. The van der Waals surface area contributed by atoms with Gasteiger partial charge in [0.25, 0.3) is 0 Å². The van der Waals surface area contributed by atoms with Crippen LogP contribution in [0.1, 0.15) is 32.1 Å². The Morgan fingerprint density at radius 2 is 2.05 bits per heavy atom. The Hall–Kier alpha value is -0.870. The monoisotopic (exact) mass is 290 g/mol. The maximum absolute atomic E-state index is 12.6. The summed E-state index contributed by atoms with van der Waals surface area (Å²) in [5.41, 5.74) is 0. The molecule has 0 aromatic carbocycles. The van der Waals surface area contributed by atoms with Gasteiger partial charge in [-0.2, -0.15) is 0 Å². The molecule has 1 saturated carbocycles. The third-order valence-corrected chi connectivity index (χ3v) is 5.91. The molecule has 21 heavy (non-hydrogen) atoms. The highest BCUT2D eigenvalue weighted by Crippen LogP contribution is 2.43. The third kappa shape index (κ3) is 2.64. The summed E-state index contributed by atoms with van der Waals surface area (Å²) in [5, 5.41) is 3.57. The Morgan fingerprint density at radius 1 is 1.19 bits per heavy atom. The Morgan fingerprint density at radius 3 is 2.76 bits per heavy atom. The van der Waals surface area contributed by atoms with E-state index < -0.39 is 0 Å². The van der Waals surface area contributed by atoms with Crippen molar-refractivity contribution in [1.82, 2.24) is 10.2 Å². The van der Waals surface area contributed by atoms with E-state index in [9.17, 15) is 4.79 Å². The number of rotatable bonds is 4. The van der Waals surface area contributed by atoms with E-state index in [4.69, 9.17) is 4.74 Å². The number of hydrogen-bond acceptors (Lipinski definition) is 3. The zero-order chi connectivity index (χ0) is 14.2. The molecule has 4 heteroatoms. The number of allylic oxidation sites excluding steroid dienone is 2. The first kappa shape index (κ1) is 13.8. The maximum Gasteiger partial charge on any atom is 0.240 e. The SMILES string of the molecule is O=C1[C@H](NC[C@H]2C[C@H]3C=C[C@H]2C3)CCN1C1CCOCC1. The average Bonchev–Trinajstić information content (AvgIpc) is 3.22. The average molecular weight is 290 g/mol. The van der Waals surface area contributed by atoms with E-state index in [2.05, 4.69) is 22.4 Å². The molecule has 1 amide bonds. The zero-order valence-electron chi connectivity index (χ0n) is 12.7. The molecule has 2 aliphatic carbocycles. The van der Waals surface area contributed by atoms with Crippen LogP contribution in [0.2, 0.25) is 0 Å². The molecular formula is C17H26N2O2. The van der Waals surface area contributed by atoms with Crippen molar-refractivity contribution in [3.8, 4) is 0 Å². The van der Waals surface area contributed by atoms with E-state index in [-0.39, 0.29) is 6.04 Å². The van der Waals surface area contributed by atoms with Gasteiger partial charge >= 0.3 is 0 Å². The molecule has 116 valence electrons. The first-order valence-corrected chi connectivity index (χ1v) is 8.61. The van der Waals surface area contributed by atoms with Crippen molar-refractivity contribution in [3.05, 3.63) is 12.2 Å². The summed E-state index contributed by atoms with van der Waals surface area (Å²) in [6, 6.07) is 0.486. The predicted molar refractivity (Wildman–Crippen MR) is 80.8 cm³/mol. The number of carbonyl (C=O) groups is 1. The van der Waals surface area contributed by atoms with Crippen LogP contribution in [0.15, 0.2) is 12.2 Å². The van der Waals surface area contributed by atoms with Gasteiger partial charge in [-0.15, -0.1) is 0 Å². The van der Waals surface area contributed by atoms with Crippen molar-refractivity contribution in [2.24, 2.45) is 17.8 Å². The summed E-state index contributed by atoms with van der Waals surface area (Å²) < 4.78 is 5.40. The molecule has 4 atom stereocenters. The van der Waals surface area contributed by atoms with Crippen molar-refractivity contribution in [2.45, 2.75) is 44.2 Å². The summed E-state index contributed by atoms with van der Waals surface area (Å²) in [5.74, 6) is 2.68. The van der Waals surface area contributed by atoms with Gasteiger partial charge in [0.05, 0.1) is 6.04 Å². The van der Waals surface area contributed by atoms with Crippen LogP contribution in [-0.4, -0.2) is 49.2 Å². The molecule has 4 rings (SSSR count). The minimum Gasteiger partial charge on any atom is -0.381 e. The van der Waals surface area contributed by atoms with Gasteiger partial charge in [0.15, 0.2) is 0 Å². The molecule has 0 unspecified atom stereocenters. The minimum absolute atomic E-state index is 0.0657. The fourth-order valence-electron chi connectivity index (χ4n) is 4.67. The molecule has 2 bridgehead atoms. The van der Waals surface area contributed by atoms with Gasteiger partial charge in [0, 0.05) is 25.8 Å². The summed E-state index contributed by atoms with van der Waals surface area (Å²) in [6.45, 7) is 3.56. The van der Waals surface area contributed by atoms with E-state index in [1.165, 1.54) is 12.8 Å². The lowest BCUT2D eigenvalue weighted by Gasteiger charge is -2.31. The molecule has 2 aliphatic heterocycles. The van der Waals surface area contributed by atoms with E-state index in [1.54, 1.807) is 0 Å². The second-order valence-corrected chi connectivity index (χ2v) is 7.17. The molecule has 0 aromatic rings. The zero-order valence-corrected chi connectivity index (χ0v) is 12.7. The van der Waals surface area contributed by atoms with Crippen molar-refractivity contribution < 1.29 is 9.53 Å². The second kappa shape index (κ2) is 5.73. The lowest BCUT2D eigenvalue weighted by atomic mass is 9.93. The number of nitrogens with zero attached hydrogens (tertiary/aromatic N) is 1. The van der Waals surface area contributed by atoms with Gasteiger partial charge in [-0.1, -0.05) is 12.2 Å². The van der Waals surface area contributed by atoms with Gasteiger partial charge in [-0.3, -0.25) is 4.79 Å². The molecule has 0 spiro atoms. The van der Waals surface area contributed by atoms with Gasteiger partial charge in [0.2, 0.25) is 5.91 Å². The molecule has 0 radical (unpaired) electrons. The number of nitrogens with one attached hydrogen (secondary N) is 1. The van der Waals surface area contributed by atoms with Crippen LogP contribution in [0.25, 0.3) is 0 Å². The Kier molecular flexibility index (Phi) is 3.76. The topological polar surface area (TPSA) is 41.6 Å². The van der Waals surface area contributed by atoms with Crippen LogP contribution in [0.5, 0.6) is 0 Å². The van der Waals surface area contributed by atoms with Gasteiger partial charge in [-0.05, 0) is 56.4 Å². The first-order chi connectivity index (χ1) is 10.3. The van der Waals surface area contributed by atoms with Crippen molar-refractivity contribution in [1.29, 1.82) is 0 Å². The number of likely N-dealkylation sites (tertiary alicyclic amines) is 1. The van der Waals surface area contributed by atoms with Crippen LogP contribution >= 0.6 is 0 Å². The Balaban J connectivity index is 1.28. The number of fused-ring (bicyclic) bond motifs is 2. The van der Waals surface area contributed by atoms with Crippen molar-refractivity contribution in [2.75, 3.05) is 26.3 Å². The number of carbonyl (C=O) groups excluding carboxylic acids is 1. The maximum atomic E-state index is 12.6. The van der Waals surface area contributed by atoms with Gasteiger partial charge in [-0.25, -0.2) is 0 Å². The molecule has 4 aliphatic rings. The molecule has 2 saturated heterocycles. The standard InChI is InChI=1S/C17H26N2O2/c20-17-16(3-6-19(17)15-4-7-21-8-5-15)18-11-14-10-12-1-2-13(14)9-12/h1-2,12-16,18H,3-11H2/t12-,13-,14+,16+/m0/s1. The number of hydrogen-bond donors (Lipinski definition) is 1. The highest BCUT2D eigenvalue weighted by Gasteiger charge is 2.39. The van der Waals surface area contributed by atoms with E-state index in [0.717, 1.165) is 63.3 Å². The predicted octanol–water partition coefficient (Wildman–Crippen LogP) is 1.57. The van der Waals surface area contributed by atoms with Gasteiger partial charge < -0.3 is 15.0 Å². The van der Waals surface area contributed by atoms with Crippen molar-refractivity contribution in [3.63, 3.8) is 0 Å². The largest absolute Gasteiger partial charge is 0.381 e. The Bertz CT molecular complexity index is 431. The fraction of sp³-hybridized carbons (Fsp3) is 0.824. The van der Waals surface area contributed by atoms with Crippen LogP contribution in [-0.2, 0) is 9.53 Å². The highest BCUT2D eigenvalue weighted by molar-refractivity contribution is 5.84. The molecular weight excluding hydrogens is 264 g/mol. The Labute approximate surface area is 126 Å². The first-order valence-electron chi connectivity index (χ1n) is 8.61. The molecule has 0 aromatic heterocycles. The molecule has 4 nitrogen and oxygen atoms in total. The van der Waals surface area contributed by atoms with Gasteiger partial charge in [0.1, 0.15) is 0 Å². The number of amides is 1. The summed E-state index contributed by atoms with van der Waals surface area (Å²) in [7, 11) is 0. The number of ether oxygens (including phenoxy) is 1.